The lowest BCUT2D eigenvalue weighted by Gasteiger charge is -2.04. The summed E-state index contributed by atoms with van der Waals surface area (Å²) in [5.74, 6) is 2.27. The number of ether oxygens (including phenoxy) is 1. The van der Waals surface area contributed by atoms with E-state index < -0.39 is 0 Å². The molecule has 6 heteroatoms. The number of hydrogen-bond donors (Lipinski definition) is 1. The van der Waals surface area contributed by atoms with Crippen molar-refractivity contribution in [3.05, 3.63) is 24.0 Å². The molecule has 0 amide bonds. The zero-order valence-electron chi connectivity index (χ0n) is 11.8. The van der Waals surface area contributed by atoms with Crippen LogP contribution in [0.5, 0.6) is 11.5 Å². The van der Waals surface area contributed by atoms with Gasteiger partial charge in [-0.15, -0.1) is 0 Å². The highest BCUT2D eigenvalue weighted by Crippen LogP contribution is 2.30. The summed E-state index contributed by atoms with van der Waals surface area (Å²) in [7, 11) is 1.51. The summed E-state index contributed by atoms with van der Waals surface area (Å²) in [5.41, 5.74) is 0.676. The predicted octanol–water partition coefficient (Wildman–Crippen LogP) is 3.48. The van der Waals surface area contributed by atoms with Crippen molar-refractivity contribution in [1.82, 2.24) is 10.1 Å². The third kappa shape index (κ3) is 3.45. The van der Waals surface area contributed by atoms with Gasteiger partial charge in [-0.25, -0.2) is 0 Å². The minimum Gasteiger partial charge on any atom is -0.504 e. The van der Waals surface area contributed by atoms with Crippen LogP contribution in [0, 0.1) is 0 Å². The molecule has 0 saturated heterocycles. The van der Waals surface area contributed by atoms with Gasteiger partial charge in [0.25, 0.3) is 5.89 Å². The van der Waals surface area contributed by atoms with Crippen molar-refractivity contribution >= 4 is 11.8 Å². The van der Waals surface area contributed by atoms with Crippen LogP contribution >= 0.6 is 11.8 Å². The first-order valence-corrected chi connectivity index (χ1v) is 7.50. The van der Waals surface area contributed by atoms with E-state index in [0.717, 1.165) is 12.2 Å². The van der Waals surface area contributed by atoms with Crippen molar-refractivity contribution in [2.24, 2.45) is 0 Å². The second-order valence-corrected chi connectivity index (χ2v) is 5.86. The van der Waals surface area contributed by atoms with Crippen LogP contribution in [-0.2, 0) is 5.75 Å². The molecule has 108 valence electrons. The van der Waals surface area contributed by atoms with Gasteiger partial charge in [-0.05, 0) is 24.6 Å². The van der Waals surface area contributed by atoms with Crippen LogP contribution in [-0.4, -0.2) is 27.6 Å². The Hall–Kier alpha value is -1.69. The second kappa shape index (κ2) is 6.65. The van der Waals surface area contributed by atoms with E-state index >= 15 is 0 Å². The molecule has 2 aromatic rings. The van der Waals surface area contributed by atoms with Gasteiger partial charge in [0.15, 0.2) is 17.3 Å². The second-order valence-electron chi connectivity index (χ2n) is 4.43. The van der Waals surface area contributed by atoms with E-state index in [2.05, 4.69) is 24.0 Å². The molecule has 0 fully saturated rings. The minimum atomic E-state index is 0.0544. The summed E-state index contributed by atoms with van der Waals surface area (Å²) < 4.78 is 10.2. The van der Waals surface area contributed by atoms with E-state index in [1.165, 1.54) is 7.11 Å². The number of nitrogens with zero attached hydrogens (tertiary/aromatic N) is 2. The van der Waals surface area contributed by atoms with E-state index in [1.807, 2.05) is 0 Å². The highest BCUT2D eigenvalue weighted by molar-refractivity contribution is 7.99. The molecule has 1 heterocycles. The number of thioether (sulfide) groups is 1. The highest BCUT2D eigenvalue weighted by atomic mass is 32.2. The third-order valence-electron chi connectivity index (χ3n) is 2.97. The van der Waals surface area contributed by atoms with Gasteiger partial charge in [0.2, 0.25) is 0 Å². The first-order valence-electron chi connectivity index (χ1n) is 6.45. The lowest BCUT2D eigenvalue weighted by Crippen LogP contribution is -1.94. The summed E-state index contributed by atoms with van der Waals surface area (Å²) in [6, 6.07) is 5.00. The van der Waals surface area contributed by atoms with Crippen molar-refractivity contribution in [2.75, 3.05) is 7.11 Å². The molecule has 1 N–H and O–H groups in total. The Morgan fingerprint density at radius 2 is 2.25 bits per heavy atom. The van der Waals surface area contributed by atoms with Gasteiger partial charge in [-0.2, -0.15) is 16.7 Å². The van der Waals surface area contributed by atoms with Crippen molar-refractivity contribution in [3.63, 3.8) is 0 Å². The molecule has 1 aromatic heterocycles. The number of phenolic OH excluding ortho intramolecular Hbond substituents is 1. The molecular formula is C14H18N2O3S. The topological polar surface area (TPSA) is 68.4 Å². The van der Waals surface area contributed by atoms with Crippen LogP contribution in [0.1, 0.15) is 26.1 Å². The SMILES string of the molecule is CCC(C)SCc1noc(-c2ccc(OC)c(O)c2)n1. The Balaban J connectivity index is 2.10. The smallest absolute Gasteiger partial charge is 0.258 e. The Morgan fingerprint density at radius 1 is 1.45 bits per heavy atom. The van der Waals surface area contributed by atoms with Gasteiger partial charge in [-0.1, -0.05) is 19.0 Å². The molecule has 5 nitrogen and oxygen atoms in total. The maximum Gasteiger partial charge on any atom is 0.258 e. The zero-order chi connectivity index (χ0) is 14.5. The van der Waals surface area contributed by atoms with Crippen LogP contribution in [0.25, 0.3) is 11.5 Å². The summed E-state index contributed by atoms with van der Waals surface area (Å²) in [4.78, 5) is 4.33. The number of aromatic hydroxyl groups is 1. The van der Waals surface area contributed by atoms with Crippen molar-refractivity contribution in [3.8, 4) is 23.0 Å². The number of hydrogen-bond acceptors (Lipinski definition) is 6. The molecule has 2 rings (SSSR count). The van der Waals surface area contributed by atoms with Gasteiger partial charge in [0.05, 0.1) is 12.9 Å². The Morgan fingerprint density at radius 3 is 2.90 bits per heavy atom. The van der Waals surface area contributed by atoms with E-state index in [-0.39, 0.29) is 5.75 Å². The molecule has 0 bridgehead atoms. The fourth-order valence-electron chi connectivity index (χ4n) is 1.59. The van der Waals surface area contributed by atoms with Gasteiger partial charge in [0.1, 0.15) is 0 Å². The quantitative estimate of drug-likeness (QED) is 0.879. The molecular weight excluding hydrogens is 276 g/mol. The number of rotatable bonds is 6. The van der Waals surface area contributed by atoms with E-state index in [1.54, 1.807) is 30.0 Å². The average molecular weight is 294 g/mol. The van der Waals surface area contributed by atoms with E-state index in [4.69, 9.17) is 9.26 Å². The van der Waals surface area contributed by atoms with Crippen molar-refractivity contribution in [1.29, 1.82) is 0 Å². The fraction of sp³-hybridized carbons (Fsp3) is 0.429. The first-order chi connectivity index (χ1) is 9.63. The standard InChI is InChI=1S/C14H18N2O3S/c1-4-9(2)20-8-13-15-14(19-16-13)10-5-6-12(18-3)11(17)7-10/h5-7,9,17H,4,8H2,1-3H3. The maximum absolute atomic E-state index is 9.75. The molecule has 0 saturated carbocycles. The Bertz CT molecular complexity index is 571. The first kappa shape index (κ1) is 14.7. The van der Waals surface area contributed by atoms with Gasteiger partial charge in [-0.3, -0.25) is 0 Å². The summed E-state index contributed by atoms with van der Waals surface area (Å²) in [6.07, 6.45) is 1.11. The minimum absolute atomic E-state index is 0.0544. The number of benzene rings is 1. The molecule has 0 aliphatic heterocycles. The molecule has 1 atom stereocenters. The van der Waals surface area contributed by atoms with Gasteiger partial charge in [0, 0.05) is 10.8 Å². The van der Waals surface area contributed by atoms with Crippen LogP contribution in [0.4, 0.5) is 0 Å². The monoisotopic (exact) mass is 294 g/mol. The van der Waals surface area contributed by atoms with Crippen LogP contribution in [0.2, 0.25) is 0 Å². The average Bonchev–Trinajstić information content (AvgIpc) is 2.93. The predicted molar refractivity (Wildman–Crippen MR) is 79.0 cm³/mol. The summed E-state index contributed by atoms with van der Waals surface area (Å²) >= 11 is 1.79. The Labute approximate surface area is 122 Å². The zero-order valence-corrected chi connectivity index (χ0v) is 12.6. The maximum atomic E-state index is 9.75. The van der Waals surface area contributed by atoms with E-state index in [0.29, 0.717) is 28.3 Å². The third-order valence-corrected chi connectivity index (χ3v) is 4.29. The van der Waals surface area contributed by atoms with Gasteiger partial charge >= 0.3 is 0 Å². The summed E-state index contributed by atoms with van der Waals surface area (Å²) in [6.45, 7) is 4.33. The molecule has 20 heavy (non-hydrogen) atoms. The number of phenols is 1. The Kier molecular flexibility index (Phi) is 4.89. The van der Waals surface area contributed by atoms with Crippen LogP contribution in [0.15, 0.2) is 22.7 Å². The lowest BCUT2D eigenvalue weighted by molar-refractivity contribution is 0.373. The normalized spacial score (nSPS) is 12.3. The van der Waals surface area contributed by atoms with Crippen LogP contribution in [0.3, 0.4) is 0 Å². The number of aromatic nitrogens is 2. The van der Waals surface area contributed by atoms with Crippen LogP contribution < -0.4 is 4.74 Å². The summed E-state index contributed by atoms with van der Waals surface area (Å²) in [5, 5.41) is 14.3. The molecule has 0 spiro atoms. The molecule has 0 radical (unpaired) electrons. The molecule has 1 unspecified atom stereocenters. The van der Waals surface area contributed by atoms with Crippen molar-refractivity contribution in [2.45, 2.75) is 31.3 Å². The number of methoxy groups -OCH3 is 1. The molecule has 0 aliphatic carbocycles. The molecule has 1 aromatic carbocycles. The highest BCUT2D eigenvalue weighted by Gasteiger charge is 2.12. The lowest BCUT2D eigenvalue weighted by atomic mass is 10.2. The fourth-order valence-corrected chi connectivity index (χ4v) is 2.37. The largest absolute Gasteiger partial charge is 0.504 e. The molecule has 0 aliphatic rings. The van der Waals surface area contributed by atoms with Crippen molar-refractivity contribution < 1.29 is 14.4 Å². The van der Waals surface area contributed by atoms with E-state index in [9.17, 15) is 5.11 Å². The van der Waals surface area contributed by atoms with Gasteiger partial charge < -0.3 is 14.4 Å².